The second-order valence-electron chi connectivity index (χ2n) is 17.5. The van der Waals surface area contributed by atoms with Gasteiger partial charge in [0, 0.05) is 5.92 Å². The van der Waals surface area contributed by atoms with Gasteiger partial charge in [0.25, 0.3) is 0 Å². The number of phenols is 1. The number of carbonyl (C=O) groups excluding carboxylic acids is 1. The predicted molar refractivity (Wildman–Crippen MR) is 177 cm³/mol. The molecule has 0 aliphatic heterocycles. The standard InChI is InChI=1S/C40H56O4/c1-25(2)28-15-22-40(34(43)44)24-23-39(8)37(6)20-17-31-35(3,4)29(30(42)14-11-26-9-12-27(41)13-10-26)16-19-36(31,5)32(37)18-21-38(39,7)33(28)40/h9-14,28-29,31-33,41H,1,15-24H2,2-8H3,(H,43,44)/b14-11+/t28-,29-,31+,32+,33+,36-,37-,38-,39-,40+/m0/s1. The number of hydrogen-bond acceptors (Lipinski definition) is 3. The molecule has 0 saturated heterocycles. The first-order chi connectivity index (χ1) is 20.5. The number of ketones is 1. The van der Waals surface area contributed by atoms with Crippen LogP contribution >= 0.6 is 0 Å². The Bertz CT molecular complexity index is 1390. The Hall–Kier alpha value is -2.36. The Labute approximate surface area is 265 Å². The van der Waals surface area contributed by atoms with Crippen molar-refractivity contribution in [3.63, 3.8) is 0 Å². The van der Waals surface area contributed by atoms with Gasteiger partial charge in [0.05, 0.1) is 5.41 Å². The molecule has 4 nitrogen and oxygen atoms in total. The molecule has 0 unspecified atom stereocenters. The van der Waals surface area contributed by atoms with E-state index in [9.17, 15) is 19.8 Å². The molecule has 1 aromatic carbocycles. The maximum Gasteiger partial charge on any atom is 0.309 e. The van der Waals surface area contributed by atoms with Gasteiger partial charge in [-0.3, -0.25) is 9.59 Å². The van der Waals surface area contributed by atoms with Gasteiger partial charge < -0.3 is 10.2 Å². The zero-order valence-corrected chi connectivity index (χ0v) is 28.3. The molecule has 5 aliphatic rings. The first kappa shape index (κ1) is 31.6. The highest BCUT2D eigenvalue weighted by molar-refractivity contribution is 5.96. The van der Waals surface area contributed by atoms with E-state index in [2.05, 4.69) is 55.0 Å². The summed E-state index contributed by atoms with van der Waals surface area (Å²) >= 11 is 0. The Balaban J connectivity index is 1.31. The van der Waals surface area contributed by atoms with Crippen molar-refractivity contribution in [1.29, 1.82) is 0 Å². The molecule has 4 heteroatoms. The smallest absolute Gasteiger partial charge is 0.309 e. The summed E-state index contributed by atoms with van der Waals surface area (Å²) in [5.41, 5.74) is 1.69. The van der Waals surface area contributed by atoms with Gasteiger partial charge in [-0.05, 0) is 146 Å². The molecular formula is C40H56O4. The van der Waals surface area contributed by atoms with Crippen molar-refractivity contribution in [3.8, 4) is 5.75 Å². The number of carboxylic acids is 1. The molecule has 0 amide bonds. The SMILES string of the molecule is C=C(C)[C@@H]1CC[C@@]2(C(=O)O)CC[C@@]3(C)[C@@]4(C)CC[C@@H]5C(C)(C)[C@H](C(=O)/C=C/c6ccc(O)cc6)CC[C@]5(C)[C@H]4CC[C@@]3(C)[C@@H]12. The molecule has 1 aromatic rings. The van der Waals surface area contributed by atoms with Crippen LogP contribution in [0.15, 0.2) is 42.5 Å². The Morgan fingerprint density at radius 2 is 1.45 bits per heavy atom. The largest absolute Gasteiger partial charge is 0.508 e. The molecule has 240 valence electrons. The molecule has 5 aliphatic carbocycles. The molecular weight excluding hydrogens is 544 g/mol. The lowest BCUT2D eigenvalue weighted by molar-refractivity contribution is -0.273. The van der Waals surface area contributed by atoms with E-state index < -0.39 is 11.4 Å². The summed E-state index contributed by atoms with van der Waals surface area (Å²) in [6.07, 6.45) is 13.7. The van der Waals surface area contributed by atoms with Gasteiger partial charge in [0.2, 0.25) is 0 Å². The lowest BCUT2D eigenvalue weighted by Crippen LogP contribution is -2.70. The number of phenolic OH excluding ortho intramolecular Hbond substituents is 1. The zero-order chi connectivity index (χ0) is 32.1. The van der Waals surface area contributed by atoms with E-state index in [4.69, 9.17) is 0 Å². The summed E-state index contributed by atoms with van der Waals surface area (Å²) in [7, 11) is 0. The molecule has 0 aromatic heterocycles. The van der Waals surface area contributed by atoms with Crippen LogP contribution in [0.25, 0.3) is 6.08 Å². The third-order valence-corrected chi connectivity index (χ3v) is 15.9. The van der Waals surface area contributed by atoms with Crippen LogP contribution in [0.2, 0.25) is 0 Å². The average Bonchev–Trinajstić information content (AvgIpc) is 3.36. The number of fused-ring (bicyclic) bond motifs is 7. The predicted octanol–water partition coefficient (Wildman–Crippen LogP) is 9.72. The lowest BCUT2D eigenvalue weighted by Gasteiger charge is -2.76. The summed E-state index contributed by atoms with van der Waals surface area (Å²) < 4.78 is 0. The van der Waals surface area contributed by atoms with Gasteiger partial charge in [-0.1, -0.05) is 71.9 Å². The zero-order valence-electron chi connectivity index (χ0n) is 28.3. The van der Waals surface area contributed by atoms with Crippen LogP contribution in [0, 0.1) is 62.1 Å². The maximum absolute atomic E-state index is 13.7. The fourth-order valence-electron chi connectivity index (χ4n) is 13.5. The second-order valence-corrected chi connectivity index (χ2v) is 17.5. The Morgan fingerprint density at radius 3 is 2.09 bits per heavy atom. The third-order valence-electron chi connectivity index (χ3n) is 15.9. The number of aromatic hydroxyl groups is 1. The maximum atomic E-state index is 13.7. The van der Waals surface area contributed by atoms with E-state index in [1.165, 1.54) is 5.57 Å². The minimum absolute atomic E-state index is 0.00316. The molecule has 5 fully saturated rings. The first-order valence-corrected chi connectivity index (χ1v) is 17.4. The molecule has 0 spiro atoms. The van der Waals surface area contributed by atoms with Gasteiger partial charge in [-0.2, -0.15) is 0 Å². The fraction of sp³-hybridized carbons (Fsp3) is 0.700. The molecule has 2 N–H and O–H groups in total. The molecule has 44 heavy (non-hydrogen) atoms. The molecule has 6 rings (SSSR count). The Kier molecular flexibility index (Phi) is 7.23. The first-order valence-electron chi connectivity index (χ1n) is 17.4. The summed E-state index contributed by atoms with van der Waals surface area (Å²) in [6.45, 7) is 21.5. The van der Waals surface area contributed by atoms with Crippen molar-refractivity contribution in [3.05, 3.63) is 48.1 Å². The van der Waals surface area contributed by atoms with Crippen molar-refractivity contribution in [2.75, 3.05) is 0 Å². The normalized spacial score (nSPS) is 45.9. The van der Waals surface area contributed by atoms with Crippen LogP contribution in [0.5, 0.6) is 5.75 Å². The number of benzene rings is 1. The summed E-state index contributed by atoms with van der Waals surface area (Å²) in [5.74, 6) is 1.38. The number of aliphatic carboxylic acids is 1. The quantitative estimate of drug-likeness (QED) is 0.261. The monoisotopic (exact) mass is 600 g/mol. The van der Waals surface area contributed by atoms with Crippen LogP contribution < -0.4 is 0 Å². The summed E-state index contributed by atoms with van der Waals surface area (Å²) in [5, 5.41) is 20.4. The number of carbonyl (C=O) groups is 2. The van der Waals surface area contributed by atoms with Gasteiger partial charge in [0.1, 0.15) is 5.75 Å². The van der Waals surface area contributed by atoms with E-state index in [1.807, 2.05) is 18.2 Å². The topological polar surface area (TPSA) is 74.6 Å². The van der Waals surface area contributed by atoms with Gasteiger partial charge in [-0.25, -0.2) is 0 Å². The van der Waals surface area contributed by atoms with E-state index in [-0.39, 0.29) is 56.4 Å². The lowest BCUT2D eigenvalue weighted by atomic mass is 9.28. The van der Waals surface area contributed by atoms with Crippen molar-refractivity contribution < 1.29 is 19.8 Å². The van der Waals surface area contributed by atoms with Crippen molar-refractivity contribution >= 4 is 17.8 Å². The number of carboxylic acid groups (broad SMARTS) is 1. The van der Waals surface area contributed by atoms with Crippen molar-refractivity contribution in [2.24, 2.45) is 62.1 Å². The van der Waals surface area contributed by atoms with Crippen LogP contribution in [0.3, 0.4) is 0 Å². The van der Waals surface area contributed by atoms with Gasteiger partial charge in [0.15, 0.2) is 5.78 Å². The second kappa shape index (κ2) is 10.1. The van der Waals surface area contributed by atoms with E-state index in [1.54, 1.807) is 18.2 Å². The van der Waals surface area contributed by atoms with Crippen LogP contribution in [-0.2, 0) is 9.59 Å². The molecule has 0 radical (unpaired) electrons. The van der Waals surface area contributed by atoms with Crippen LogP contribution in [-0.4, -0.2) is 22.0 Å². The summed E-state index contributed by atoms with van der Waals surface area (Å²) in [6, 6.07) is 7.01. The van der Waals surface area contributed by atoms with E-state index in [0.29, 0.717) is 11.8 Å². The molecule has 0 bridgehead atoms. The van der Waals surface area contributed by atoms with E-state index >= 15 is 0 Å². The van der Waals surface area contributed by atoms with Gasteiger partial charge >= 0.3 is 5.97 Å². The average molecular weight is 601 g/mol. The Morgan fingerprint density at radius 1 is 0.818 bits per heavy atom. The van der Waals surface area contributed by atoms with Crippen LogP contribution in [0.4, 0.5) is 0 Å². The fourth-order valence-corrected chi connectivity index (χ4v) is 13.5. The van der Waals surface area contributed by atoms with Crippen molar-refractivity contribution in [2.45, 2.75) is 113 Å². The molecule has 0 heterocycles. The third kappa shape index (κ3) is 4.00. The molecule has 5 saturated carbocycles. The van der Waals surface area contributed by atoms with Crippen molar-refractivity contribution in [1.82, 2.24) is 0 Å². The summed E-state index contributed by atoms with van der Waals surface area (Å²) in [4.78, 5) is 26.8. The number of hydrogen-bond donors (Lipinski definition) is 2. The highest BCUT2D eigenvalue weighted by Crippen LogP contribution is 2.81. The number of rotatable bonds is 5. The molecule has 10 atom stereocenters. The van der Waals surface area contributed by atoms with E-state index in [0.717, 1.165) is 69.8 Å². The highest BCUT2D eigenvalue weighted by atomic mass is 16.4. The van der Waals surface area contributed by atoms with Gasteiger partial charge in [-0.15, -0.1) is 0 Å². The minimum Gasteiger partial charge on any atom is -0.508 e. The minimum atomic E-state index is -0.615. The van der Waals surface area contributed by atoms with Crippen LogP contribution in [0.1, 0.15) is 118 Å². The number of allylic oxidation sites excluding steroid dienone is 2. The highest BCUT2D eigenvalue weighted by Gasteiger charge is 2.75.